The van der Waals surface area contributed by atoms with Crippen LogP contribution in [0.3, 0.4) is 0 Å². The fraction of sp³-hybridized carbons (Fsp3) is 0.133. The highest BCUT2D eigenvalue weighted by Gasteiger charge is 2.14. The van der Waals surface area contributed by atoms with Crippen LogP contribution in [0.4, 0.5) is 10.1 Å². The minimum atomic E-state index is -0.351. The van der Waals surface area contributed by atoms with Crippen molar-refractivity contribution in [2.24, 2.45) is 7.05 Å². The van der Waals surface area contributed by atoms with Crippen LogP contribution in [0.15, 0.2) is 36.4 Å². The third-order valence-electron chi connectivity index (χ3n) is 3.33. The van der Waals surface area contributed by atoms with E-state index in [0.717, 1.165) is 16.6 Å². The second-order valence-electron chi connectivity index (χ2n) is 4.68. The molecule has 0 atom stereocenters. The molecule has 1 aromatic heterocycles. The number of aryl methyl sites for hydroxylation is 2. The smallest absolute Gasteiger partial charge is 0.143 e. The van der Waals surface area contributed by atoms with Gasteiger partial charge in [-0.15, -0.1) is 0 Å². The zero-order chi connectivity index (χ0) is 13.6. The van der Waals surface area contributed by atoms with Crippen LogP contribution in [0.1, 0.15) is 5.56 Å². The van der Waals surface area contributed by atoms with Gasteiger partial charge in [0.1, 0.15) is 11.6 Å². The first-order valence-electron chi connectivity index (χ1n) is 6.05. The fourth-order valence-corrected chi connectivity index (χ4v) is 2.42. The number of nitrogens with zero attached hydrogens (tertiary/aromatic N) is 2. The van der Waals surface area contributed by atoms with Gasteiger partial charge >= 0.3 is 0 Å². The van der Waals surface area contributed by atoms with E-state index in [9.17, 15) is 4.39 Å². The molecule has 0 bridgehead atoms. The molecular formula is C15H14FN3. The molecule has 0 radical (unpaired) electrons. The number of para-hydroxylation sites is 1. The van der Waals surface area contributed by atoms with E-state index in [-0.39, 0.29) is 5.82 Å². The van der Waals surface area contributed by atoms with Crippen molar-refractivity contribution in [3.8, 4) is 11.4 Å². The van der Waals surface area contributed by atoms with Crippen LogP contribution in [-0.2, 0) is 7.05 Å². The molecule has 0 aliphatic heterocycles. The lowest BCUT2D eigenvalue weighted by Crippen LogP contribution is -1.97. The number of nitrogens with two attached hydrogens (primary N) is 1. The molecule has 0 amide bonds. The lowest BCUT2D eigenvalue weighted by Gasteiger charge is -2.05. The summed E-state index contributed by atoms with van der Waals surface area (Å²) in [6, 6.07) is 10.6. The number of halogens is 1. The monoisotopic (exact) mass is 255 g/mol. The van der Waals surface area contributed by atoms with Crippen LogP contribution in [0.25, 0.3) is 22.4 Å². The van der Waals surface area contributed by atoms with Crippen LogP contribution in [0.2, 0.25) is 0 Å². The normalized spacial score (nSPS) is 11.1. The summed E-state index contributed by atoms with van der Waals surface area (Å²) in [5, 5.41) is 0. The Hall–Kier alpha value is -2.36. The molecule has 0 saturated heterocycles. The van der Waals surface area contributed by atoms with Crippen LogP contribution in [-0.4, -0.2) is 9.55 Å². The number of rotatable bonds is 1. The van der Waals surface area contributed by atoms with Gasteiger partial charge in [0, 0.05) is 12.7 Å². The van der Waals surface area contributed by atoms with Gasteiger partial charge in [0.2, 0.25) is 0 Å². The molecule has 1 heterocycles. The summed E-state index contributed by atoms with van der Waals surface area (Å²) in [5.74, 6) is 0.262. The van der Waals surface area contributed by atoms with E-state index >= 15 is 0 Å². The van der Waals surface area contributed by atoms with Crippen molar-refractivity contribution in [1.82, 2.24) is 9.55 Å². The molecule has 19 heavy (non-hydrogen) atoms. The molecule has 0 spiro atoms. The molecule has 3 rings (SSSR count). The van der Waals surface area contributed by atoms with E-state index in [0.29, 0.717) is 17.1 Å². The van der Waals surface area contributed by atoms with E-state index in [1.54, 1.807) is 12.1 Å². The lowest BCUT2D eigenvalue weighted by molar-refractivity contribution is 0.629. The molecule has 3 nitrogen and oxygen atoms in total. The minimum Gasteiger partial charge on any atom is -0.399 e. The Balaban J connectivity index is 2.31. The van der Waals surface area contributed by atoms with Crippen LogP contribution in [0.5, 0.6) is 0 Å². The Morgan fingerprint density at radius 2 is 2.00 bits per heavy atom. The summed E-state index contributed by atoms with van der Waals surface area (Å²) < 4.78 is 15.9. The van der Waals surface area contributed by atoms with Crippen LogP contribution in [0, 0.1) is 12.7 Å². The molecule has 0 saturated carbocycles. The van der Waals surface area contributed by atoms with E-state index in [1.165, 1.54) is 6.07 Å². The second-order valence-corrected chi connectivity index (χ2v) is 4.68. The van der Waals surface area contributed by atoms with E-state index in [2.05, 4.69) is 4.98 Å². The standard InChI is InChI=1S/C15H14FN3/c1-9-4-3-5-13-14(9)19(2)15(18-13)11-7-6-10(17)8-12(11)16/h3-8H,17H2,1-2H3. The Morgan fingerprint density at radius 3 is 2.68 bits per heavy atom. The van der Waals surface area contributed by atoms with Gasteiger partial charge in [-0.2, -0.15) is 0 Å². The molecule has 0 aliphatic rings. The molecule has 2 aromatic carbocycles. The topological polar surface area (TPSA) is 43.8 Å². The van der Waals surface area contributed by atoms with Crippen LogP contribution >= 0.6 is 0 Å². The predicted octanol–water partition coefficient (Wildman–Crippen LogP) is 3.27. The molecule has 0 aliphatic carbocycles. The lowest BCUT2D eigenvalue weighted by atomic mass is 10.2. The Bertz CT molecular complexity index is 774. The van der Waals surface area contributed by atoms with E-state index < -0.39 is 0 Å². The molecule has 96 valence electrons. The zero-order valence-electron chi connectivity index (χ0n) is 10.8. The largest absolute Gasteiger partial charge is 0.399 e. The first kappa shape index (κ1) is 11.7. The van der Waals surface area contributed by atoms with Gasteiger partial charge in [-0.05, 0) is 36.8 Å². The molecule has 3 aromatic rings. The fourth-order valence-electron chi connectivity index (χ4n) is 2.42. The second kappa shape index (κ2) is 4.09. The highest BCUT2D eigenvalue weighted by atomic mass is 19.1. The van der Waals surface area contributed by atoms with Crippen molar-refractivity contribution in [3.63, 3.8) is 0 Å². The molecular weight excluding hydrogens is 241 g/mol. The zero-order valence-corrected chi connectivity index (χ0v) is 10.8. The van der Waals surface area contributed by atoms with Gasteiger partial charge in [-0.25, -0.2) is 9.37 Å². The highest BCUT2D eigenvalue weighted by Crippen LogP contribution is 2.28. The summed E-state index contributed by atoms with van der Waals surface area (Å²) in [6.45, 7) is 2.02. The minimum absolute atomic E-state index is 0.351. The maximum Gasteiger partial charge on any atom is 0.143 e. The SMILES string of the molecule is Cc1cccc2nc(-c3ccc(N)cc3F)n(C)c12. The molecule has 2 N–H and O–H groups in total. The average molecular weight is 255 g/mol. The van der Waals surface area contributed by atoms with E-state index in [1.807, 2.05) is 36.7 Å². The average Bonchev–Trinajstić information content (AvgIpc) is 2.68. The van der Waals surface area contributed by atoms with Gasteiger partial charge in [0.05, 0.1) is 16.6 Å². The third kappa shape index (κ3) is 1.76. The quantitative estimate of drug-likeness (QED) is 0.678. The summed E-state index contributed by atoms with van der Waals surface area (Å²) in [6.07, 6.45) is 0. The number of hydrogen-bond acceptors (Lipinski definition) is 2. The van der Waals surface area contributed by atoms with Crippen molar-refractivity contribution in [1.29, 1.82) is 0 Å². The number of aromatic nitrogens is 2. The van der Waals surface area contributed by atoms with Gasteiger partial charge in [0.15, 0.2) is 0 Å². The molecule has 0 unspecified atom stereocenters. The summed E-state index contributed by atoms with van der Waals surface area (Å²) in [5.41, 5.74) is 9.47. The maximum absolute atomic E-state index is 14.0. The maximum atomic E-state index is 14.0. The molecule has 4 heteroatoms. The number of nitrogen functional groups attached to an aromatic ring is 1. The van der Waals surface area contributed by atoms with Gasteiger partial charge < -0.3 is 10.3 Å². The first-order valence-corrected chi connectivity index (χ1v) is 6.05. The first-order chi connectivity index (χ1) is 9.08. The van der Waals surface area contributed by atoms with Gasteiger partial charge in [-0.3, -0.25) is 0 Å². The van der Waals surface area contributed by atoms with Crippen molar-refractivity contribution >= 4 is 16.7 Å². The van der Waals surface area contributed by atoms with Crippen LogP contribution < -0.4 is 5.73 Å². The Kier molecular flexibility index (Phi) is 2.52. The Morgan fingerprint density at radius 1 is 1.21 bits per heavy atom. The predicted molar refractivity (Wildman–Crippen MR) is 75.3 cm³/mol. The van der Waals surface area contributed by atoms with Gasteiger partial charge in [-0.1, -0.05) is 12.1 Å². The molecule has 0 fully saturated rings. The summed E-state index contributed by atoms with van der Waals surface area (Å²) in [7, 11) is 1.90. The summed E-state index contributed by atoms with van der Waals surface area (Å²) >= 11 is 0. The number of fused-ring (bicyclic) bond motifs is 1. The van der Waals surface area contributed by atoms with E-state index in [4.69, 9.17) is 5.73 Å². The third-order valence-corrected chi connectivity index (χ3v) is 3.33. The van der Waals surface area contributed by atoms with Gasteiger partial charge in [0.25, 0.3) is 0 Å². The number of benzene rings is 2. The number of hydrogen-bond donors (Lipinski definition) is 1. The van der Waals surface area contributed by atoms with Crippen molar-refractivity contribution in [2.75, 3.05) is 5.73 Å². The number of imidazole rings is 1. The highest BCUT2D eigenvalue weighted by molar-refractivity contribution is 5.83. The van der Waals surface area contributed by atoms with Crippen molar-refractivity contribution < 1.29 is 4.39 Å². The summed E-state index contributed by atoms with van der Waals surface area (Å²) in [4.78, 5) is 4.52. The number of anilines is 1. The van der Waals surface area contributed by atoms with Crippen molar-refractivity contribution in [3.05, 3.63) is 47.8 Å². The Labute approximate surface area is 110 Å². The van der Waals surface area contributed by atoms with Crippen molar-refractivity contribution in [2.45, 2.75) is 6.92 Å².